The quantitative estimate of drug-likeness (QED) is 0.558. The topological polar surface area (TPSA) is 72.2 Å². The number of nitrogens with two attached hydrogens (primary N) is 1. The van der Waals surface area contributed by atoms with Crippen LogP contribution in [0.2, 0.25) is 0 Å². The van der Waals surface area contributed by atoms with Gasteiger partial charge in [0.2, 0.25) is 11.8 Å². The summed E-state index contributed by atoms with van der Waals surface area (Å²) in [5.41, 5.74) is 4.81. The number of hydrogen-bond acceptors (Lipinski definition) is 2. The summed E-state index contributed by atoms with van der Waals surface area (Å²) in [6.07, 6.45) is 3.04. The molecule has 0 bridgehead atoms. The molecule has 0 unspecified atom stereocenters. The Hall–Kier alpha value is -1.32. The first-order valence-corrected chi connectivity index (χ1v) is 2.83. The number of primary amides is 1. The molecule has 0 aliphatic rings. The number of amides is 2. The first-order chi connectivity index (χ1) is 4.63. The molecule has 0 radical (unpaired) electrons. The number of rotatable bonds is 3. The maximum Gasteiger partial charge on any atom is 0.221 e. The van der Waals surface area contributed by atoms with Crippen molar-refractivity contribution in [3.05, 3.63) is 12.3 Å². The molecule has 2 amide bonds. The van der Waals surface area contributed by atoms with Crippen molar-refractivity contribution in [2.45, 2.75) is 13.3 Å². The Balaban J connectivity index is 3.38. The van der Waals surface area contributed by atoms with Gasteiger partial charge in [0.05, 0.1) is 0 Å². The molecule has 0 aromatic rings. The lowest BCUT2D eigenvalue weighted by Gasteiger charge is -1.88. The minimum absolute atomic E-state index is 0.153. The lowest BCUT2D eigenvalue weighted by molar-refractivity contribution is -0.118. The van der Waals surface area contributed by atoms with Gasteiger partial charge < -0.3 is 11.1 Å². The summed E-state index contributed by atoms with van der Waals surface area (Å²) in [5, 5.41) is 2.37. The fraction of sp³-hybridized carbons (Fsp3) is 0.333. The first kappa shape index (κ1) is 8.68. The van der Waals surface area contributed by atoms with E-state index in [0.29, 0.717) is 0 Å². The SMILES string of the molecule is CC(=O)NC=CCC(N)=O. The Morgan fingerprint density at radius 1 is 1.60 bits per heavy atom. The van der Waals surface area contributed by atoms with Crippen LogP contribution in [0.15, 0.2) is 12.3 Å². The molecule has 56 valence electrons. The van der Waals surface area contributed by atoms with Crippen molar-refractivity contribution in [1.29, 1.82) is 0 Å². The summed E-state index contributed by atoms with van der Waals surface area (Å²) >= 11 is 0. The maximum absolute atomic E-state index is 10.2. The zero-order chi connectivity index (χ0) is 7.98. The Kier molecular flexibility index (Phi) is 3.95. The molecule has 3 N–H and O–H groups in total. The summed E-state index contributed by atoms with van der Waals surface area (Å²) in [5.74, 6) is -0.581. The van der Waals surface area contributed by atoms with Gasteiger partial charge in [-0.3, -0.25) is 9.59 Å². The van der Waals surface area contributed by atoms with E-state index in [9.17, 15) is 9.59 Å². The van der Waals surface area contributed by atoms with E-state index in [-0.39, 0.29) is 12.3 Å². The van der Waals surface area contributed by atoms with Crippen LogP contribution >= 0.6 is 0 Å². The van der Waals surface area contributed by atoms with Gasteiger partial charge in [-0.2, -0.15) is 0 Å². The maximum atomic E-state index is 10.2. The van der Waals surface area contributed by atoms with E-state index < -0.39 is 5.91 Å². The van der Waals surface area contributed by atoms with E-state index in [0.717, 1.165) is 0 Å². The van der Waals surface area contributed by atoms with Crippen LogP contribution in [0.5, 0.6) is 0 Å². The van der Waals surface area contributed by atoms with Crippen LogP contribution in [0.1, 0.15) is 13.3 Å². The molecule has 4 heteroatoms. The highest BCUT2D eigenvalue weighted by molar-refractivity contribution is 5.76. The van der Waals surface area contributed by atoms with Crippen LogP contribution in [-0.4, -0.2) is 11.8 Å². The third-order valence-corrected chi connectivity index (χ3v) is 0.723. The van der Waals surface area contributed by atoms with Crippen LogP contribution in [0, 0.1) is 0 Å². The normalized spacial score (nSPS) is 9.70. The van der Waals surface area contributed by atoms with Crippen LogP contribution in [0.3, 0.4) is 0 Å². The fourth-order valence-corrected chi connectivity index (χ4v) is 0.351. The van der Waals surface area contributed by atoms with Gasteiger partial charge in [0.15, 0.2) is 0 Å². The minimum atomic E-state index is -0.415. The highest BCUT2D eigenvalue weighted by atomic mass is 16.1. The average molecular weight is 142 g/mol. The van der Waals surface area contributed by atoms with E-state index in [2.05, 4.69) is 5.32 Å². The molecule has 10 heavy (non-hydrogen) atoms. The third-order valence-electron chi connectivity index (χ3n) is 0.723. The van der Waals surface area contributed by atoms with Gasteiger partial charge in [-0.25, -0.2) is 0 Å². The van der Waals surface area contributed by atoms with Crippen molar-refractivity contribution >= 4 is 11.8 Å². The zero-order valence-corrected chi connectivity index (χ0v) is 5.76. The van der Waals surface area contributed by atoms with Crippen LogP contribution < -0.4 is 11.1 Å². The number of carbonyl (C=O) groups excluding carboxylic acids is 2. The second-order valence-corrected chi connectivity index (χ2v) is 1.77. The van der Waals surface area contributed by atoms with Gasteiger partial charge in [0.25, 0.3) is 0 Å². The van der Waals surface area contributed by atoms with Gasteiger partial charge in [-0.15, -0.1) is 0 Å². The van der Waals surface area contributed by atoms with Crippen molar-refractivity contribution in [2.75, 3.05) is 0 Å². The monoisotopic (exact) mass is 142 g/mol. The molecule has 0 aromatic carbocycles. The third kappa shape index (κ3) is 6.68. The van der Waals surface area contributed by atoms with Gasteiger partial charge in [-0.05, 0) is 0 Å². The Bertz CT molecular complexity index is 145. The van der Waals surface area contributed by atoms with Crippen molar-refractivity contribution in [2.24, 2.45) is 5.73 Å². The largest absolute Gasteiger partial charge is 0.369 e. The Labute approximate surface area is 59.1 Å². The average Bonchev–Trinajstić information content (AvgIpc) is 1.79. The molecule has 0 fully saturated rings. The highest BCUT2D eigenvalue weighted by Crippen LogP contribution is 1.77. The summed E-state index contributed by atoms with van der Waals surface area (Å²) in [4.78, 5) is 20.3. The summed E-state index contributed by atoms with van der Waals surface area (Å²) in [6, 6.07) is 0. The van der Waals surface area contributed by atoms with Gasteiger partial charge in [-0.1, -0.05) is 6.08 Å². The predicted molar refractivity (Wildman–Crippen MR) is 36.8 cm³/mol. The van der Waals surface area contributed by atoms with Crippen LogP contribution in [0.25, 0.3) is 0 Å². The second-order valence-electron chi connectivity index (χ2n) is 1.77. The van der Waals surface area contributed by atoms with Crippen LogP contribution in [0.4, 0.5) is 0 Å². The Morgan fingerprint density at radius 3 is 2.60 bits per heavy atom. The molecular formula is C6H10N2O2. The standard InChI is InChI=1S/C6H10N2O2/c1-5(9)8-4-2-3-6(7)10/h2,4H,3H2,1H3,(H2,7,10)(H,8,9). The number of carbonyl (C=O) groups is 2. The smallest absolute Gasteiger partial charge is 0.221 e. The molecule has 0 aliphatic carbocycles. The number of hydrogen-bond donors (Lipinski definition) is 2. The summed E-state index contributed by atoms with van der Waals surface area (Å²) in [6.45, 7) is 1.38. The molecule has 0 aromatic heterocycles. The summed E-state index contributed by atoms with van der Waals surface area (Å²) in [7, 11) is 0. The Morgan fingerprint density at radius 2 is 2.20 bits per heavy atom. The van der Waals surface area contributed by atoms with Crippen molar-refractivity contribution in [3.8, 4) is 0 Å². The zero-order valence-electron chi connectivity index (χ0n) is 5.76. The molecule has 0 saturated carbocycles. The lowest BCUT2D eigenvalue weighted by Crippen LogP contribution is -2.13. The van der Waals surface area contributed by atoms with E-state index in [1.165, 1.54) is 19.2 Å². The molecule has 0 saturated heterocycles. The predicted octanol–water partition coefficient (Wildman–Crippen LogP) is -0.488. The van der Waals surface area contributed by atoms with Crippen molar-refractivity contribution in [3.63, 3.8) is 0 Å². The molecule has 4 nitrogen and oxygen atoms in total. The molecule has 0 rings (SSSR count). The van der Waals surface area contributed by atoms with E-state index in [4.69, 9.17) is 5.73 Å². The summed E-state index contributed by atoms with van der Waals surface area (Å²) < 4.78 is 0. The second kappa shape index (κ2) is 4.55. The van der Waals surface area contributed by atoms with Gasteiger partial charge >= 0.3 is 0 Å². The van der Waals surface area contributed by atoms with Gasteiger partial charge in [0, 0.05) is 19.5 Å². The van der Waals surface area contributed by atoms with E-state index in [1.54, 1.807) is 0 Å². The highest BCUT2D eigenvalue weighted by Gasteiger charge is 1.86. The van der Waals surface area contributed by atoms with Crippen LogP contribution in [-0.2, 0) is 9.59 Å². The molecule has 0 aliphatic heterocycles. The van der Waals surface area contributed by atoms with Crippen molar-refractivity contribution < 1.29 is 9.59 Å². The molecule has 0 heterocycles. The van der Waals surface area contributed by atoms with Gasteiger partial charge in [0.1, 0.15) is 0 Å². The number of nitrogens with one attached hydrogen (secondary N) is 1. The fourth-order valence-electron chi connectivity index (χ4n) is 0.351. The van der Waals surface area contributed by atoms with Crippen molar-refractivity contribution in [1.82, 2.24) is 5.32 Å². The molecule has 0 spiro atoms. The molecule has 0 atom stereocenters. The van der Waals surface area contributed by atoms with E-state index in [1.807, 2.05) is 0 Å². The minimum Gasteiger partial charge on any atom is -0.369 e. The first-order valence-electron chi connectivity index (χ1n) is 2.83. The van der Waals surface area contributed by atoms with E-state index >= 15 is 0 Å². The molecular weight excluding hydrogens is 132 g/mol. The lowest BCUT2D eigenvalue weighted by atomic mass is 10.4.